The summed E-state index contributed by atoms with van der Waals surface area (Å²) in [6, 6.07) is 9.68. The summed E-state index contributed by atoms with van der Waals surface area (Å²) in [6.45, 7) is 1.98. The molecular formula is C16H16BrCl2NO. The van der Waals surface area contributed by atoms with Crippen LogP contribution in [-0.4, -0.2) is 14.2 Å². The van der Waals surface area contributed by atoms with E-state index >= 15 is 0 Å². The van der Waals surface area contributed by atoms with E-state index in [2.05, 4.69) is 27.3 Å². The van der Waals surface area contributed by atoms with Crippen LogP contribution in [0.3, 0.4) is 0 Å². The van der Waals surface area contributed by atoms with E-state index in [1.165, 1.54) is 0 Å². The molecule has 5 heteroatoms. The fourth-order valence-corrected chi connectivity index (χ4v) is 3.49. The number of nitrogens with one attached hydrogen (secondary N) is 1. The zero-order chi connectivity index (χ0) is 15.6. The highest BCUT2D eigenvalue weighted by Crippen LogP contribution is 2.38. The molecule has 2 aromatic rings. The van der Waals surface area contributed by atoms with Crippen molar-refractivity contribution in [3.63, 3.8) is 0 Å². The number of aryl methyl sites for hydroxylation is 1. The SMILES string of the molecule is CNC(c1ccc(C)c(Cl)c1)c1cc(Cl)cc(Br)c1OC. The Kier molecular flexibility index (Phi) is 5.55. The second-order valence-electron chi connectivity index (χ2n) is 4.74. The van der Waals surface area contributed by atoms with Crippen LogP contribution in [0, 0.1) is 6.92 Å². The second kappa shape index (κ2) is 7.01. The van der Waals surface area contributed by atoms with Crippen molar-refractivity contribution >= 4 is 39.1 Å². The molecule has 2 nitrogen and oxygen atoms in total. The molecule has 2 aromatic carbocycles. The third kappa shape index (κ3) is 3.54. The van der Waals surface area contributed by atoms with Gasteiger partial charge in [-0.2, -0.15) is 0 Å². The molecule has 1 N–H and O–H groups in total. The number of hydrogen-bond donors (Lipinski definition) is 1. The normalized spacial score (nSPS) is 12.3. The van der Waals surface area contributed by atoms with E-state index in [1.54, 1.807) is 7.11 Å². The molecule has 2 rings (SSSR count). The Labute approximate surface area is 143 Å². The monoisotopic (exact) mass is 387 g/mol. The fourth-order valence-electron chi connectivity index (χ4n) is 2.30. The minimum Gasteiger partial charge on any atom is -0.495 e. The standard InChI is InChI=1S/C16H16BrCl2NO/c1-9-4-5-10(6-14(9)19)15(20-2)12-7-11(18)8-13(17)16(12)21-3/h4-8,15,20H,1-3H3. The number of ether oxygens (including phenoxy) is 1. The van der Waals surface area contributed by atoms with Gasteiger partial charge in [0.05, 0.1) is 17.6 Å². The molecule has 112 valence electrons. The van der Waals surface area contributed by atoms with Gasteiger partial charge in [0.15, 0.2) is 0 Å². The van der Waals surface area contributed by atoms with Gasteiger partial charge >= 0.3 is 0 Å². The summed E-state index contributed by atoms with van der Waals surface area (Å²) in [7, 11) is 3.54. The van der Waals surface area contributed by atoms with Crippen LogP contribution in [0.5, 0.6) is 5.75 Å². The molecule has 0 heterocycles. The Morgan fingerprint density at radius 3 is 2.48 bits per heavy atom. The average molecular weight is 389 g/mol. The maximum absolute atomic E-state index is 6.24. The summed E-state index contributed by atoms with van der Waals surface area (Å²) in [5, 5.41) is 4.68. The van der Waals surface area contributed by atoms with Crippen molar-refractivity contribution in [2.45, 2.75) is 13.0 Å². The van der Waals surface area contributed by atoms with E-state index in [0.29, 0.717) is 5.02 Å². The number of methoxy groups -OCH3 is 1. The molecular weight excluding hydrogens is 373 g/mol. The van der Waals surface area contributed by atoms with Crippen LogP contribution < -0.4 is 10.1 Å². The molecule has 0 fully saturated rings. The zero-order valence-electron chi connectivity index (χ0n) is 12.0. The summed E-state index contributed by atoms with van der Waals surface area (Å²) >= 11 is 15.9. The van der Waals surface area contributed by atoms with Gasteiger partial charge in [-0.1, -0.05) is 35.3 Å². The molecule has 0 aliphatic carbocycles. The Morgan fingerprint density at radius 2 is 1.90 bits per heavy atom. The van der Waals surface area contributed by atoms with Crippen molar-refractivity contribution in [1.29, 1.82) is 0 Å². The first-order valence-electron chi connectivity index (χ1n) is 6.44. The molecule has 0 aliphatic rings. The first-order valence-corrected chi connectivity index (χ1v) is 7.99. The summed E-state index contributed by atoms with van der Waals surface area (Å²) < 4.78 is 6.34. The fraction of sp³-hybridized carbons (Fsp3) is 0.250. The largest absolute Gasteiger partial charge is 0.495 e. The van der Waals surface area contributed by atoms with Crippen LogP contribution >= 0.6 is 39.1 Å². The number of halogens is 3. The number of hydrogen-bond acceptors (Lipinski definition) is 2. The molecule has 0 saturated carbocycles. The highest BCUT2D eigenvalue weighted by Gasteiger charge is 2.20. The molecule has 0 radical (unpaired) electrons. The van der Waals surface area contributed by atoms with Crippen molar-refractivity contribution in [1.82, 2.24) is 5.32 Å². The Bertz CT molecular complexity index is 661. The van der Waals surface area contributed by atoms with Crippen LogP contribution in [0.15, 0.2) is 34.8 Å². The molecule has 0 aliphatic heterocycles. The molecule has 1 unspecified atom stereocenters. The first-order chi connectivity index (χ1) is 9.97. The van der Waals surface area contributed by atoms with E-state index in [0.717, 1.165) is 31.9 Å². The maximum Gasteiger partial charge on any atom is 0.138 e. The van der Waals surface area contributed by atoms with Gasteiger partial charge in [-0.25, -0.2) is 0 Å². The van der Waals surface area contributed by atoms with Crippen molar-refractivity contribution in [3.8, 4) is 5.75 Å². The predicted octanol–water partition coefficient (Wildman–Crippen LogP) is 5.38. The quantitative estimate of drug-likeness (QED) is 0.758. The summed E-state index contributed by atoms with van der Waals surface area (Å²) in [5.74, 6) is 0.760. The lowest BCUT2D eigenvalue weighted by Gasteiger charge is -2.21. The smallest absolute Gasteiger partial charge is 0.138 e. The van der Waals surface area contributed by atoms with E-state index in [-0.39, 0.29) is 6.04 Å². The van der Waals surface area contributed by atoms with E-state index in [1.807, 2.05) is 38.2 Å². The van der Waals surface area contributed by atoms with Crippen LogP contribution in [-0.2, 0) is 0 Å². The lowest BCUT2D eigenvalue weighted by atomic mass is 9.97. The molecule has 0 aromatic heterocycles. The minimum absolute atomic E-state index is 0.0620. The summed E-state index contributed by atoms with van der Waals surface area (Å²) in [5.41, 5.74) is 3.06. The molecule has 1 atom stereocenters. The highest BCUT2D eigenvalue weighted by molar-refractivity contribution is 9.10. The Hall–Kier alpha value is -0.740. The maximum atomic E-state index is 6.24. The van der Waals surface area contributed by atoms with E-state index in [4.69, 9.17) is 27.9 Å². The molecule has 0 spiro atoms. The minimum atomic E-state index is -0.0620. The van der Waals surface area contributed by atoms with Gasteiger partial charge in [0, 0.05) is 15.6 Å². The van der Waals surface area contributed by atoms with Crippen LogP contribution in [0.1, 0.15) is 22.7 Å². The summed E-state index contributed by atoms with van der Waals surface area (Å²) in [4.78, 5) is 0. The van der Waals surface area contributed by atoms with Gasteiger partial charge in [-0.05, 0) is 59.2 Å². The summed E-state index contributed by atoms with van der Waals surface area (Å²) in [6.07, 6.45) is 0. The second-order valence-corrected chi connectivity index (χ2v) is 6.44. The molecule has 21 heavy (non-hydrogen) atoms. The van der Waals surface area contributed by atoms with Gasteiger partial charge in [-0.15, -0.1) is 0 Å². The number of rotatable bonds is 4. The number of benzene rings is 2. The van der Waals surface area contributed by atoms with Crippen molar-refractivity contribution < 1.29 is 4.74 Å². The lowest BCUT2D eigenvalue weighted by Crippen LogP contribution is -2.18. The van der Waals surface area contributed by atoms with E-state index in [9.17, 15) is 0 Å². The van der Waals surface area contributed by atoms with Crippen molar-refractivity contribution in [3.05, 3.63) is 61.5 Å². The van der Waals surface area contributed by atoms with Crippen molar-refractivity contribution in [2.24, 2.45) is 0 Å². The Balaban J connectivity index is 2.58. The molecule has 0 amide bonds. The first kappa shape index (κ1) is 16.6. The van der Waals surface area contributed by atoms with Crippen molar-refractivity contribution in [2.75, 3.05) is 14.2 Å². The third-order valence-electron chi connectivity index (χ3n) is 3.37. The van der Waals surface area contributed by atoms with Crippen LogP contribution in [0.2, 0.25) is 10.0 Å². The third-order valence-corrected chi connectivity index (χ3v) is 4.58. The Morgan fingerprint density at radius 1 is 1.19 bits per heavy atom. The van der Waals surface area contributed by atoms with Gasteiger partial charge in [0.1, 0.15) is 5.75 Å². The lowest BCUT2D eigenvalue weighted by molar-refractivity contribution is 0.403. The topological polar surface area (TPSA) is 21.3 Å². The average Bonchev–Trinajstić information content (AvgIpc) is 2.43. The van der Waals surface area contributed by atoms with Crippen LogP contribution in [0.25, 0.3) is 0 Å². The van der Waals surface area contributed by atoms with Gasteiger partial charge in [0.2, 0.25) is 0 Å². The van der Waals surface area contributed by atoms with Gasteiger partial charge in [-0.3, -0.25) is 0 Å². The van der Waals surface area contributed by atoms with Crippen LogP contribution in [0.4, 0.5) is 0 Å². The zero-order valence-corrected chi connectivity index (χ0v) is 15.1. The van der Waals surface area contributed by atoms with Gasteiger partial charge < -0.3 is 10.1 Å². The molecule has 0 saturated heterocycles. The highest BCUT2D eigenvalue weighted by atomic mass is 79.9. The van der Waals surface area contributed by atoms with E-state index < -0.39 is 0 Å². The van der Waals surface area contributed by atoms with Gasteiger partial charge in [0.25, 0.3) is 0 Å². The predicted molar refractivity (Wildman–Crippen MR) is 92.8 cm³/mol. The molecule has 0 bridgehead atoms.